The molecular weight excluding hydrogens is 428 g/mol. The number of hydrogen-bond donors (Lipinski definition) is 0. The van der Waals surface area contributed by atoms with Gasteiger partial charge in [0.2, 0.25) is 0 Å². The third-order valence-corrected chi connectivity index (χ3v) is 8.29. The average Bonchev–Trinajstić information content (AvgIpc) is 3.51. The van der Waals surface area contributed by atoms with E-state index in [1.165, 1.54) is 13.1 Å². The van der Waals surface area contributed by atoms with Gasteiger partial charge in [0.15, 0.2) is 0 Å². The molecule has 2 aromatic heterocycles. The third-order valence-electron chi connectivity index (χ3n) is 8.29. The summed E-state index contributed by atoms with van der Waals surface area (Å²) in [5.41, 5.74) is 4.01. The van der Waals surface area contributed by atoms with Crippen LogP contribution in [-0.4, -0.2) is 101 Å². The Balaban J connectivity index is 1.38. The minimum atomic E-state index is -0.0281. The van der Waals surface area contributed by atoms with Crippen LogP contribution in [0, 0.1) is 0 Å². The summed E-state index contributed by atoms with van der Waals surface area (Å²) >= 11 is 0. The van der Waals surface area contributed by atoms with Gasteiger partial charge in [-0.15, -0.1) is 10.2 Å². The molecule has 0 aliphatic carbocycles. The first kappa shape index (κ1) is 19.4. The minimum Gasteiger partial charge on any atom is -0.284 e. The molecule has 0 radical (unpaired) electrons. The Labute approximate surface area is 197 Å². The lowest BCUT2D eigenvalue weighted by Gasteiger charge is -2.65. The smallest absolute Gasteiger partial charge is 0.144 e. The van der Waals surface area contributed by atoms with E-state index in [1.807, 2.05) is 12.1 Å². The molecule has 0 bridgehead atoms. The van der Waals surface area contributed by atoms with E-state index >= 15 is 0 Å². The molecule has 4 atom stereocenters. The molecule has 0 N–H and O–H groups in total. The highest BCUT2D eigenvalue weighted by atomic mass is 15.7. The molecule has 2 aromatic carbocycles. The van der Waals surface area contributed by atoms with Crippen molar-refractivity contribution in [2.45, 2.75) is 37.5 Å². The molecule has 4 unspecified atom stereocenters. The maximum absolute atomic E-state index is 4.75. The van der Waals surface area contributed by atoms with Gasteiger partial charge in [-0.05, 0) is 37.1 Å². The molecule has 34 heavy (non-hydrogen) atoms. The van der Waals surface area contributed by atoms with Crippen LogP contribution >= 0.6 is 0 Å². The Morgan fingerprint density at radius 2 is 1.00 bits per heavy atom. The molecule has 4 aromatic rings. The first-order valence-electron chi connectivity index (χ1n) is 12.5. The van der Waals surface area contributed by atoms with E-state index in [4.69, 9.17) is 10.4 Å². The normalized spacial score (nSPS) is 30.7. The Morgan fingerprint density at radius 1 is 0.529 bits per heavy atom. The predicted octanol–water partition coefficient (Wildman–Crippen LogP) is 1.57. The molecular formula is C24H28N10. The Morgan fingerprint density at radius 3 is 1.50 bits per heavy atom. The van der Waals surface area contributed by atoms with Gasteiger partial charge in [0.05, 0.1) is 23.4 Å². The van der Waals surface area contributed by atoms with Gasteiger partial charge in [0.25, 0.3) is 0 Å². The molecule has 10 nitrogen and oxygen atoms in total. The van der Waals surface area contributed by atoms with Crippen molar-refractivity contribution in [1.29, 1.82) is 0 Å². The SMILES string of the molecule is c1ccc2c(c1)nnn2C1C(n2nnc3ccccc32)N2CCCN3CCN4CCCN1C4C32. The number of nitrogens with zero attached hydrogens (tertiary/aromatic N) is 10. The van der Waals surface area contributed by atoms with Crippen molar-refractivity contribution in [3.63, 3.8) is 0 Å². The summed E-state index contributed by atoms with van der Waals surface area (Å²) in [5, 5.41) is 18.6. The van der Waals surface area contributed by atoms with Crippen molar-refractivity contribution >= 4 is 22.1 Å². The van der Waals surface area contributed by atoms with Gasteiger partial charge in [-0.1, -0.05) is 34.7 Å². The van der Waals surface area contributed by atoms with E-state index in [0.717, 1.165) is 61.1 Å². The summed E-state index contributed by atoms with van der Waals surface area (Å²) in [6.45, 7) is 6.69. The van der Waals surface area contributed by atoms with Crippen molar-refractivity contribution in [2.24, 2.45) is 0 Å². The van der Waals surface area contributed by atoms with Gasteiger partial charge >= 0.3 is 0 Å². The minimum absolute atomic E-state index is 0.0281. The van der Waals surface area contributed by atoms with Crippen LogP contribution in [0.2, 0.25) is 0 Å². The predicted molar refractivity (Wildman–Crippen MR) is 126 cm³/mol. The van der Waals surface area contributed by atoms with Crippen LogP contribution in [0.1, 0.15) is 25.2 Å². The van der Waals surface area contributed by atoms with Crippen LogP contribution in [0.4, 0.5) is 0 Å². The fourth-order valence-corrected chi connectivity index (χ4v) is 6.94. The van der Waals surface area contributed by atoms with Crippen LogP contribution < -0.4 is 0 Å². The average molecular weight is 457 g/mol. The van der Waals surface area contributed by atoms with Gasteiger partial charge in [0, 0.05) is 39.3 Å². The number of piperazine rings is 2. The van der Waals surface area contributed by atoms with Gasteiger partial charge in [-0.3, -0.25) is 19.6 Å². The molecule has 174 valence electrons. The Hall–Kier alpha value is -2.92. The van der Waals surface area contributed by atoms with Gasteiger partial charge in [0.1, 0.15) is 23.4 Å². The van der Waals surface area contributed by atoms with Crippen LogP contribution in [0.5, 0.6) is 0 Å². The lowest BCUT2D eigenvalue weighted by molar-refractivity contribution is -0.248. The van der Waals surface area contributed by atoms with Gasteiger partial charge in [-0.25, -0.2) is 9.36 Å². The Bertz CT molecular complexity index is 1260. The van der Waals surface area contributed by atoms with E-state index in [0.29, 0.717) is 12.3 Å². The molecule has 4 aliphatic rings. The van der Waals surface area contributed by atoms with Crippen molar-refractivity contribution < 1.29 is 0 Å². The molecule has 4 aliphatic heterocycles. The van der Waals surface area contributed by atoms with Crippen LogP contribution in [0.15, 0.2) is 48.5 Å². The largest absolute Gasteiger partial charge is 0.284 e. The zero-order valence-corrected chi connectivity index (χ0v) is 19.1. The number of fused-ring (bicyclic) bond motifs is 2. The van der Waals surface area contributed by atoms with E-state index in [9.17, 15) is 0 Å². The maximum atomic E-state index is 4.75. The monoisotopic (exact) mass is 456 g/mol. The molecule has 4 saturated heterocycles. The highest BCUT2D eigenvalue weighted by molar-refractivity contribution is 5.75. The van der Waals surface area contributed by atoms with E-state index in [2.05, 4.69) is 75.6 Å². The quantitative estimate of drug-likeness (QED) is 0.450. The number of para-hydroxylation sites is 2. The topological polar surface area (TPSA) is 74.4 Å². The number of rotatable bonds is 2. The molecule has 10 heteroatoms. The molecule has 0 amide bonds. The summed E-state index contributed by atoms with van der Waals surface area (Å²) in [6.07, 6.45) is 2.97. The van der Waals surface area contributed by atoms with Crippen molar-refractivity contribution in [1.82, 2.24) is 49.6 Å². The lowest BCUT2D eigenvalue weighted by Crippen LogP contribution is -2.79. The van der Waals surface area contributed by atoms with Crippen LogP contribution in [0.3, 0.4) is 0 Å². The zero-order chi connectivity index (χ0) is 22.2. The summed E-state index contributed by atoms with van der Waals surface area (Å²) in [6, 6.07) is 16.6. The van der Waals surface area contributed by atoms with Gasteiger partial charge < -0.3 is 0 Å². The van der Waals surface area contributed by atoms with Crippen LogP contribution in [-0.2, 0) is 0 Å². The van der Waals surface area contributed by atoms with E-state index in [-0.39, 0.29) is 12.3 Å². The fourth-order valence-electron chi connectivity index (χ4n) is 6.94. The summed E-state index contributed by atoms with van der Waals surface area (Å²) in [7, 11) is 0. The summed E-state index contributed by atoms with van der Waals surface area (Å²) in [4.78, 5) is 10.8. The second kappa shape index (κ2) is 7.29. The molecule has 4 fully saturated rings. The summed E-state index contributed by atoms with van der Waals surface area (Å²) < 4.78 is 4.31. The lowest BCUT2D eigenvalue weighted by atomic mass is 9.97. The second-order valence-electron chi connectivity index (χ2n) is 9.95. The third kappa shape index (κ3) is 2.59. The fraction of sp³-hybridized carbons (Fsp3) is 0.500. The first-order valence-corrected chi connectivity index (χ1v) is 12.5. The zero-order valence-electron chi connectivity index (χ0n) is 19.1. The molecule has 8 rings (SSSR count). The van der Waals surface area contributed by atoms with Crippen molar-refractivity contribution in [2.75, 3.05) is 39.3 Å². The van der Waals surface area contributed by atoms with Crippen molar-refractivity contribution in [3.8, 4) is 0 Å². The molecule has 0 spiro atoms. The Kier molecular flexibility index (Phi) is 4.16. The second-order valence-corrected chi connectivity index (χ2v) is 9.95. The van der Waals surface area contributed by atoms with E-state index in [1.54, 1.807) is 0 Å². The van der Waals surface area contributed by atoms with E-state index < -0.39 is 0 Å². The number of aromatic nitrogens is 6. The highest BCUT2D eigenvalue weighted by Gasteiger charge is 2.57. The van der Waals surface area contributed by atoms with Crippen LogP contribution in [0.25, 0.3) is 22.1 Å². The molecule has 0 saturated carbocycles. The van der Waals surface area contributed by atoms with Gasteiger partial charge in [-0.2, -0.15) is 0 Å². The first-order chi connectivity index (χ1) is 16.9. The molecule has 6 heterocycles. The summed E-state index contributed by atoms with van der Waals surface area (Å²) in [5.74, 6) is 0. The standard InChI is InChI=1S/C24H28N10/c1-3-9-19-17(7-1)25-27-33(19)23-24(34-20-10-4-2-8-18(20)26-28-34)32-14-6-12-30-16-15-29-11-5-13-31(23)21(29)22(30)32/h1-4,7-10,21-24H,5-6,11-16H2. The van der Waals surface area contributed by atoms with Crippen molar-refractivity contribution in [3.05, 3.63) is 48.5 Å². The highest BCUT2D eigenvalue weighted by Crippen LogP contribution is 2.46. The number of hydrogen-bond acceptors (Lipinski definition) is 8. The maximum Gasteiger partial charge on any atom is 0.144 e. The number of benzene rings is 2.